The average Bonchev–Trinajstić information content (AvgIpc) is 3.31. The van der Waals surface area contributed by atoms with E-state index in [2.05, 4.69) is 79.2 Å². The highest BCUT2D eigenvalue weighted by atomic mass is 16.1. The fourth-order valence-electron chi connectivity index (χ4n) is 5.93. The van der Waals surface area contributed by atoms with Crippen LogP contribution in [0.25, 0.3) is 33.5 Å². The van der Waals surface area contributed by atoms with Crippen LogP contribution in [0.4, 0.5) is 0 Å². The SMILES string of the molecule is Cc1nc(-c2ccc(CN3CCC(n4c(=O)[nH]c5ccccc54)CC3)cc2)c(-c2ccccc2)nc1CC(C)C. The van der Waals surface area contributed by atoms with Crippen molar-refractivity contribution in [3.8, 4) is 22.5 Å². The zero-order valence-electron chi connectivity index (χ0n) is 23.6. The van der Waals surface area contributed by atoms with Crippen LogP contribution >= 0.6 is 0 Å². The second-order valence-corrected chi connectivity index (χ2v) is 11.4. The van der Waals surface area contributed by atoms with Crippen molar-refractivity contribution in [3.63, 3.8) is 0 Å². The third-order valence-corrected chi connectivity index (χ3v) is 8.00. The molecular formula is C34H37N5O. The van der Waals surface area contributed by atoms with Gasteiger partial charge in [-0.2, -0.15) is 0 Å². The monoisotopic (exact) mass is 531 g/mol. The highest BCUT2D eigenvalue weighted by Crippen LogP contribution is 2.31. The van der Waals surface area contributed by atoms with Crippen molar-refractivity contribution in [1.82, 2.24) is 24.4 Å². The maximum absolute atomic E-state index is 12.6. The third kappa shape index (κ3) is 5.36. The number of aryl methyl sites for hydroxylation is 1. The number of rotatable bonds is 7. The molecule has 0 aliphatic carbocycles. The number of aromatic amines is 1. The Balaban J connectivity index is 1.18. The van der Waals surface area contributed by atoms with Crippen molar-refractivity contribution in [2.45, 2.75) is 52.6 Å². The average molecular weight is 532 g/mol. The number of H-pyrrole nitrogens is 1. The first-order chi connectivity index (χ1) is 19.5. The Labute approximate surface area is 235 Å². The number of para-hydroxylation sites is 2. The van der Waals surface area contributed by atoms with E-state index in [9.17, 15) is 4.79 Å². The van der Waals surface area contributed by atoms with Gasteiger partial charge in [-0.3, -0.25) is 9.47 Å². The molecule has 1 saturated heterocycles. The molecule has 0 bridgehead atoms. The molecular weight excluding hydrogens is 494 g/mol. The number of fused-ring (bicyclic) bond motifs is 1. The summed E-state index contributed by atoms with van der Waals surface area (Å²) in [5.74, 6) is 0.523. The number of piperidine rings is 1. The van der Waals surface area contributed by atoms with Crippen LogP contribution in [0.3, 0.4) is 0 Å². The Hall–Kier alpha value is -4.03. The Bertz CT molecular complexity index is 1660. The number of benzene rings is 3. The number of hydrogen-bond donors (Lipinski definition) is 1. The second kappa shape index (κ2) is 11.2. The highest BCUT2D eigenvalue weighted by Gasteiger charge is 2.24. The number of nitrogens with zero attached hydrogens (tertiary/aromatic N) is 4. The summed E-state index contributed by atoms with van der Waals surface area (Å²) >= 11 is 0. The Morgan fingerprint density at radius 3 is 2.23 bits per heavy atom. The number of aromatic nitrogens is 4. The van der Waals surface area contributed by atoms with Crippen LogP contribution in [0.15, 0.2) is 83.7 Å². The molecule has 1 fully saturated rings. The summed E-state index contributed by atoms with van der Waals surface area (Å²) in [6.07, 6.45) is 2.86. The van der Waals surface area contributed by atoms with E-state index in [1.54, 1.807) is 0 Å². The molecule has 5 aromatic rings. The lowest BCUT2D eigenvalue weighted by atomic mass is 10.00. The Morgan fingerprint density at radius 2 is 1.50 bits per heavy atom. The summed E-state index contributed by atoms with van der Waals surface area (Å²) in [6, 6.07) is 27.4. The van der Waals surface area contributed by atoms with Crippen molar-refractivity contribution in [1.29, 1.82) is 0 Å². The molecule has 0 spiro atoms. The summed E-state index contributed by atoms with van der Waals surface area (Å²) in [5, 5.41) is 0. The largest absolute Gasteiger partial charge is 0.326 e. The van der Waals surface area contributed by atoms with Gasteiger partial charge in [0, 0.05) is 36.8 Å². The molecule has 6 nitrogen and oxygen atoms in total. The van der Waals surface area contributed by atoms with E-state index in [0.29, 0.717) is 5.92 Å². The smallest absolute Gasteiger partial charge is 0.306 e. The van der Waals surface area contributed by atoms with Gasteiger partial charge in [-0.05, 0) is 49.8 Å². The van der Waals surface area contributed by atoms with E-state index < -0.39 is 0 Å². The van der Waals surface area contributed by atoms with E-state index >= 15 is 0 Å². The normalized spacial score (nSPS) is 14.8. The van der Waals surface area contributed by atoms with Crippen molar-refractivity contribution >= 4 is 11.0 Å². The minimum atomic E-state index is 0.000635. The van der Waals surface area contributed by atoms with Crippen LogP contribution in [0.5, 0.6) is 0 Å². The molecule has 1 aliphatic rings. The Kier molecular flexibility index (Phi) is 7.35. The summed E-state index contributed by atoms with van der Waals surface area (Å²) in [5.41, 5.74) is 9.36. The van der Waals surface area contributed by atoms with E-state index in [-0.39, 0.29) is 11.7 Å². The van der Waals surface area contributed by atoms with Gasteiger partial charge in [-0.1, -0.05) is 80.6 Å². The van der Waals surface area contributed by atoms with Gasteiger partial charge < -0.3 is 4.98 Å². The molecule has 204 valence electrons. The van der Waals surface area contributed by atoms with Crippen molar-refractivity contribution < 1.29 is 0 Å². The molecule has 1 aliphatic heterocycles. The summed E-state index contributed by atoms with van der Waals surface area (Å²) < 4.78 is 1.96. The molecule has 6 heteroatoms. The van der Waals surface area contributed by atoms with E-state index in [0.717, 1.165) is 83.8 Å². The maximum atomic E-state index is 12.6. The molecule has 0 unspecified atom stereocenters. The zero-order valence-corrected chi connectivity index (χ0v) is 23.6. The molecule has 0 saturated carbocycles. The molecule has 2 aromatic heterocycles. The molecule has 40 heavy (non-hydrogen) atoms. The number of likely N-dealkylation sites (tertiary alicyclic amines) is 1. The van der Waals surface area contributed by atoms with Crippen LogP contribution in [0.2, 0.25) is 0 Å². The predicted molar refractivity (Wildman–Crippen MR) is 162 cm³/mol. The summed E-state index contributed by atoms with van der Waals surface area (Å²) in [7, 11) is 0. The van der Waals surface area contributed by atoms with Gasteiger partial charge in [-0.25, -0.2) is 14.8 Å². The molecule has 0 radical (unpaired) electrons. The van der Waals surface area contributed by atoms with E-state index in [1.807, 2.05) is 34.9 Å². The quantitative estimate of drug-likeness (QED) is 0.251. The van der Waals surface area contributed by atoms with Gasteiger partial charge >= 0.3 is 5.69 Å². The van der Waals surface area contributed by atoms with Gasteiger partial charge in [0.25, 0.3) is 0 Å². The molecule has 0 atom stereocenters. The number of nitrogens with one attached hydrogen (secondary N) is 1. The fourth-order valence-corrected chi connectivity index (χ4v) is 5.93. The van der Waals surface area contributed by atoms with Gasteiger partial charge in [0.05, 0.1) is 33.8 Å². The van der Waals surface area contributed by atoms with Crippen LogP contribution < -0.4 is 5.69 Å². The number of imidazole rings is 1. The predicted octanol–water partition coefficient (Wildman–Crippen LogP) is 6.80. The lowest BCUT2D eigenvalue weighted by Crippen LogP contribution is -2.36. The molecule has 6 rings (SSSR count). The van der Waals surface area contributed by atoms with Gasteiger partial charge in [0.15, 0.2) is 0 Å². The topological polar surface area (TPSA) is 66.8 Å². The fraction of sp³-hybridized carbons (Fsp3) is 0.324. The molecule has 0 amide bonds. The van der Waals surface area contributed by atoms with Gasteiger partial charge in [-0.15, -0.1) is 0 Å². The summed E-state index contributed by atoms with van der Waals surface area (Å²) in [4.78, 5) is 28.4. The first-order valence-electron chi connectivity index (χ1n) is 14.4. The van der Waals surface area contributed by atoms with Crippen molar-refractivity contribution in [3.05, 3.63) is 106 Å². The first-order valence-corrected chi connectivity index (χ1v) is 14.4. The van der Waals surface area contributed by atoms with Crippen LogP contribution in [-0.4, -0.2) is 37.5 Å². The minimum absolute atomic E-state index is 0.000635. The summed E-state index contributed by atoms with van der Waals surface area (Å²) in [6.45, 7) is 9.36. The molecule has 1 N–H and O–H groups in total. The highest BCUT2D eigenvalue weighted by molar-refractivity contribution is 5.78. The van der Waals surface area contributed by atoms with Crippen molar-refractivity contribution in [2.24, 2.45) is 5.92 Å². The standard InChI is InChI=1S/C34H37N5O/c1-23(2)21-30-24(3)35-32(33(36-30)26-9-5-4-6-10-26)27-15-13-25(14-16-27)22-38-19-17-28(18-20-38)39-31-12-8-7-11-29(31)37-34(39)40/h4-16,23,28H,17-22H2,1-3H3,(H,37,40). The van der Waals surface area contributed by atoms with E-state index in [1.165, 1.54) is 5.56 Å². The lowest BCUT2D eigenvalue weighted by Gasteiger charge is -2.32. The minimum Gasteiger partial charge on any atom is -0.306 e. The van der Waals surface area contributed by atoms with Crippen LogP contribution in [-0.2, 0) is 13.0 Å². The number of hydrogen-bond acceptors (Lipinski definition) is 4. The van der Waals surface area contributed by atoms with Crippen molar-refractivity contribution in [2.75, 3.05) is 13.1 Å². The second-order valence-electron chi connectivity index (χ2n) is 11.4. The lowest BCUT2D eigenvalue weighted by molar-refractivity contribution is 0.180. The first kappa shape index (κ1) is 26.2. The van der Waals surface area contributed by atoms with Crippen LogP contribution in [0.1, 0.15) is 49.7 Å². The van der Waals surface area contributed by atoms with E-state index in [4.69, 9.17) is 9.97 Å². The van der Waals surface area contributed by atoms with Gasteiger partial charge in [0.2, 0.25) is 0 Å². The maximum Gasteiger partial charge on any atom is 0.326 e. The Morgan fingerprint density at radius 1 is 0.850 bits per heavy atom. The molecule has 3 aromatic carbocycles. The van der Waals surface area contributed by atoms with Gasteiger partial charge in [0.1, 0.15) is 0 Å². The molecule has 3 heterocycles. The van der Waals surface area contributed by atoms with Crippen LogP contribution in [0, 0.1) is 12.8 Å². The zero-order chi connectivity index (χ0) is 27.6. The third-order valence-electron chi connectivity index (χ3n) is 8.00.